The molecule has 2 aromatic heterocycles. The molecule has 0 radical (unpaired) electrons. The average molecular weight is 556 g/mol. The van der Waals surface area contributed by atoms with Crippen LogP contribution in [0.3, 0.4) is 0 Å². The lowest BCUT2D eigenvalue weighted by atomic mass is 9.93. The molecule has 0 bridgehead atoms. The minimum atomic E-state index is -4.61. The molecule has 1 N–H and O–H groups in total. The lowest BCUT2D eigenvalue weighted by Gasteiger charge is -2.35. The summed E-state index contributed by atoms with van der Waals surface area (Å²) < 4.78 is 44.2. The van der Waals surface area contributed by atoms with E-state index in [4.69, 9.17) is 9.97 Å². The molecule has 1 unspecified atom stereocenters. The summed E-state index contributed by atoms with van der Waals surface area (Å²) in [4.78, 5) is 25.3. The summed E-state index contributed by atoms with van der Waals surface area (Å²) in [7, 11) is 0. The van der Waals surface area contributed by atoms with Crippen LogP contribution < -0.4 is 15.8 Å². The van der Waals surface area contributed by atoms with Crippen LogP contribution in [0.2, 0.25) is 0 Å². The van der Waals surface area contributed by atoms with Crippen molar-refractivity contribution in [1.29, 1.82) is 0 Å². The van der Waals surface area contributed by atoms with Crippen LogP contribution in [0.15, 0.2) is 108 Å². The monoisotopic (exact) mass is 555 g/mol. The molecule has 1 saturated heterocycles. The highest BCUT2D eigenvalue weighted by molar-refractivity contribution is 5.77. The van der Waals surface area contributed by atoms with Crippen molar-refractivity contribution in [3.63, 3.8) is 0 Å². The Morgan fingerprint density at radius 3 is 2.22 bits per heavy atom. The molecule has 1 aliphatic heterocycles. The number of benzene rings is 3. The maximum absolute atomic E-state index is 14.3. The normalized spacial score (nSPS) is 15.1. The highest BCUT2D eigenvalue weighted by Crippen LogP contribution is 2.39. The van der Waals surface area contributed by atoms with Gasteiger partial charge in [-0.15, -0.1) is 0 Å². The minimum absolute atomic E-state index is 0.0285. The van der Waals surface area contributed by atoms with Gasteiger partial charge in [-0.3, -0.25) is 9.36 Å². The van der Waals surface area contributed by atoms with Crippen molar-refractivity contribution in [3.05, 3.63) is 130 Å². The van der Waals surface area contributed by atoms with Gasteiger partial charge in [-0.25, -0.2) is 4.98 Å². The Balaban J connectivity index is 1.61. The molecule has 0 amide bonds. The third-order valence-corrected chi connectivity index (χ3v) is 7.51. The van der Waals surface area contributed by atoms with Crippen molar-refractivity contribution < 1.29 is 13.2 Å². The number of para-hydroxylation sites is 1. The quantitative estimate of drug-likeness (QED) is 0.265. The van der Waals surface area contributed by atoms with Gasteiger partial charge in [0, 0.05) is 29.4 Å². The molecule has 1 fully saturated rings. The number of hydrogen-bond acceptors (Lipinski definition) is 5. The van der Waals surface area contributed by atoms with E-state index in [0.717, 1.165) is 37.7 Å². The number of anilines is 2. The number of nitrogens with zero attached hydrogens (tertiary/aromatic N) is 4. The molecule has 41 heavy (non-hydrogen) atoms. The molecule has 1 atom stereocenters. The molecule has 9 heteroatoms. The second-order valence-corrected chi connectivity index (χ2v) is 10.1. The van der Waals surface area contributed by atoms with Crippen LogP contribution in [-0.4, -0.2) is 33.7 Å². The molecule has 0 spiro atoms. The smallest absolute Gasteiger partial charge is 0.317 e. The largest absolute Gasteiger partial charge is 0.416 e. The first-order chi connectivity index (χ1) is 19.9. The highest BCUT2D eigenvalue weighted by atomic mass is 19.4. The van der Waals surface area contributed by atoms with Gasteiger partial charge >= 0.3 is 6.18 Å². The second kappa shape index (κ2) is 11.2. The molecule has 1 aliphatic rings. The van der Waals surface area contributed by atoms with Crippen molar-refractivity contribution in [2.75, 3.05) is 18.0 Å². The second-order valence-electron chi connectivity index (χ2n) is 10.1. The van der Waals surface area contributed by atoms with E-state index >= 15 is 0 Å². The molecule has 5 aromatic rings. The van der Waals surface area contributed by atoms with Gasteiger partial charge in [-0.05, 0) is 61.3 Å². The molecule has 3 heterocycles. The van der Waals surface area contributed by atoms with Gasteiger partial charge < -0.3 is 10.2 Å². The number of fused-ring (bicyclic) bond motifs is 1. The van der Waals surface area contributed by atoms with Crippen LogP contribution in [0.5, 0.6) is 0 Å². The van der Waals surface area contributed by atoms with Gasteiger partial charge in [0.05, 0.1) is 11.6 Å². The Kier molecular flexibility index (Phi) is 7.28. The molecule has 3 aromatic carbocycles. The highest BCUT2D eigenvalue weighted by Gasteiger charge is 2.36. The summed E-state index contributed by atoms with van der Waals surface area (Å²) in [5.41, 5.74) is 0.430. The summed E-state index contributed by atoms with van der Waals surface area (Å²) >= 11 is 0. The molecule has 0 saturated carbocycles. The zero-order valence-corrected chi connectivity index (χ0v) is 22.1. The Labute approximate surface area is 235 Å². The Hall–Kier alpha value is -4.50. The van der Waals surface area contributed by atoms with Crippen molar-refractivity contribution in [2.45, 2.75) is 31.1 Å². The van der Waals surface area contributed by atoms with Crippen LogP contribution in [0.25, 0.3) is 11.0 Å². The molecule has 208 valence electrons. The maximum Gasteiger partial charge on any atom is 0.416 e. The number of rotatable bonds is 6. The van der Waals surface area contributed by atoms with Gasteiger partial charge in [0.15, 0.2) is 0 Å². The number of piperidine rings is 1. The summed E-state index contributed by atoms with van der Waals surface area (Å²) in [6, 6.07) is 26.0. The number of aromatic nitrogens is 3. The van der Waals surface area contributed by atoms with E-state index in [1.54, 1.807) is 48.7 Å². The van der Waals surface area contributed by atoms with E-state index < -0.39 is 23.3 Å². The Morgan fingerprint density at radius 1 is 0.854 bits per heavy atom. The van der Waals surface area contributed by atoms with E-state index in [2.05, 4.69) is 10.2 Å². The van der Waals surface area contributed by atoms with Gasteiger partial charge in [0.1, 0.15) is 5.65 Å². The number of halogens is 3. The van der Waals surface area contributed by atoms with E-state index in [1.807, 2.05) is 30.3 Å². The average Bonchev–Trinajstić information content (AvgIpc) is 3.00. The fraction of sp³-hybridized carbons (Fsp3) is 0.219. The first-order valence-corrected chi connectivity index (χ1v) is 13.6. The number of alkyl halides is 3. The van der Waals surface area contributed by atoms with Crippen LogP contribution in [-0.2, 0) is 6.18 Å². The summed E-state index contributed by atoms with van der Waals surface area (Å²) in [6.45, 7) is 1.69. The van der Waals surface area contributed by atoms with Crippen molar-refractivity contribution in [1.82, 2.24) is 19.9 Å². The first-order valence-electron chi connectivity index (χ1n) is 13.6. The fourth-order valence-electron chi connectivity index (χ4n) is 5.63. The minimum Gasteiger partial charge on any atom is -0.317 e. The number of hydrogen-bond donors (Lipinski definition) is 1. The zero-order chi connectivity index (χ0) is 28.4. The third-order valence-electron chi connectivity index (χ3n) is 7.51. The molecule has 6 nitrogen and oxygen atoms in total. The zero-order valence-electron chi connectivity index (χ0n) is 22.1. The standard InChI is InChI=1S/C32H28F3N5O/c33-32(34,35)27-14-8-7-13-26(27)29(22-9-3-1-4-10-22)40-28(41)16-15-23-21-37-31(38-30(23)40)39(24-11-5-2-6-12-24)25-17-19-36-20-18-25/h1-16,21,25,29,36H,17-20H2. The predicted octanol–water partition coefficient (Wildman–Crippen LogP) is 6.34. The third kappa shape index (κ3) is 5.32. The molecular formula is C32H28F3N5O. The number of nitrogens with one attached hydrogen (secondary N) is 1. The van der Waals surface area contributed by atoms with Crippen LogP contribution in [0, 0.1) is 0 Å². The van der Waals surface area contributed by atoms with Gasteiger partial charge in [-0.2, -0.15) is 18.2 Å². The van der Waals surface area contributed by atoms with Crippen molar-refractivity contribution >= 4 is 22.7 Å². The van der Waals surface area contributed by atoms with E-state index in [-0.39, 0.29) is 17.3 Å². The van der Waals surface area contributed by atoms with Crippen molar-refractivity contribution in [3.8, 4) is 0 Å². The first kappa shape index (κ1) is 26.7. The van der Waals surface area contributed by atoms with Crippen molar-refractivity contribution in [2.24, 2.45) is 0 Å². The van der Waals surface area contributed by atoms with E-state index in [0.29, 0.717) is 16.9 Å². The SMILES string of the molecule is O=c1ccc2cnc(N(c3ccccc3)C3CCNCC3)nc2n1C(c1ccccc1)c1ccccc1C(F)(F)F. The summed E-state index contributed by atoms with van der Waals surface area (Å²) in [5.74, 6) is 0.394. The van der Waals surface area contributed by atoms with Crippen LogP contribution in [0.4, 0.5) is 24.8 Å². The molecular weight excluding hydrogens is 527 g/mol. The lowest BCUT2D eigenvalue weighted by Crippen LogP contribution is -2.41. The molecule has 6 rings (SSSR count). The van der Waals surface area contributed by atoms with E-state index in [9.17, 15) is 18.0 Å². The Morgan fingerprint density at radius 2 is 1.51 bits per heavy atom. The van der Waals surface area contributed by atoms with Gasteiger partial charge in [0.2, 0.25) is 5.95 Å². The van der Waals surface area contributed by atoms with Gasteiger partial charge in [0.25, 0.3) is 5.56 Å². The summed E-state index contributed by atoms with van der Waals surface area (Å²) in [6.07, 6.45) is -1.24. The maximum atomic E-state index is 14.3. The molecule has 0 aliphatic carbocycles. The fourth-order valence-corrected chi connectivity index (χ4v) is 5.63. The van der Waals surface area contributed by atoms with Gasteiger partial charge in [-0.1, -0.05) is 66.7 Å². The number of pyridine rings is 1. The van der Waals surface area contributed by atoms with Crippen LogP contribution >= 0.6 is 0 Å². The van der Waals surface area contributed by atoms with E-state index in [1.165, 1.54) is 22.8 Å². The lowest BCUT2D eigenvalue weighted by molar-refractivity contribution is -0.138. The Bertz CT molecular complexity index is 1700. The topological polar surface area (TPSA) is 63.1 Å². The summed E-state index contributed by atoms with van der Waals surface area (Å²) in [5, 5.41) is 3.94. The predicted molar refractivity (Wildman–Crippen MR) is 153 cm³/mol. The van der Waals surface area contributed by atoms with Crippen LogP contribution in [0.1, 0.15) is 35.6 Å².